The molecule has 2 rings (SSSR count). The van der Waals surface area contributed by atoms with E-state index in [1.54, 1.807) is 0 Å². The lowest BCUT2D eigenvalue weighted by molar-refractivity contribution is -0.127. The van der Waals surface area contributed by atoms with Crippen molar-refractivity contribution in [1.29, 1.82) is 0 Å². The van der Waals surface area contributed by atoms with Crippen molar-refractivity contribution in [1.82, 2.24) is 10.9 Å². The number of rotatable bonds is 7. The molecule has 2 aromatic rings. The number of carbonyl (C=O) groups excluding carboxylic acids is 2. The standard InChI is InChI=1S/C18H19F2N3O3/c1-12-2-6-14(7-3-12)21-11-17(25)23-22-16(24)10-13-4-8-15(9-5-13)26-18(19)20/h2-9,18,21H,10-11H2,1H3,(H,22,24)(H,23,25). The average molecular weight is 363 g/mol. The third-order valence-corrected chi connectivity index (χ3v) is 3.36. The van der Waals surface area contributed by atoms with Crippen molar-refractivity contribution in [2.45, 2.75) is 20.0 Å². The first kappa shape index (κ1) is 19.2. The van der Waals surface area contributed by atoms with Gasteiger partial charge in [-0.2, -0.15) is 8.78 Å². The summed E-state index contributed by atoms with van der Waals surface area (Å²) in [6.07, 6.45) is -0.0133. The van der Waals surface area contributed by atoms with E-state index in [0.29, 0.717) is 5.56 Å². The number of aryl methyl sites for hydroxylation is 1. The molecule has 2 aromatic carbocycles. The van der Waals surface area contributed by atoms with E-state index in [9.17, 15) is 18.4 Å². The van der Waals surface area contributed by atoms with Gasteiger partial charge in [0.15, 0.2) is 0 Å². The lowest BCUT2D eigenvalue weighted by Crippen LogP contribution is -2.44. The third kappa shape index (κ3) is 6.76. The van der Waals surface area contributed by atoms with Crippen LogP contribution in [-0.2, 0) is 16.0 Å². The number of hydrogen-bond donors (Lipinski definition) is 3. The second-order valence-electron chi connectivity index (χ2n) is 5.52. The predicted molar refractivity (Wildman–Crippen MR) is 92.7 cm³/mol. The first-order valence-electron chi connectivity index (χ1n) is 7.84. The third-order valence-electron chi connectivity index (χ3n) is 3.36. The molecule has 26 heavy (non-hydrogen) atoms. The smallest absolute Gasteiger partial charge is 0.387 e. The van der Waals surface area contributed by atoms with Crippen LogP contribution in [0.2, 0.25) is 0 Å². The second-order valence-corrected chi connectivity index (χ2v) is 5.52. The fourth-order valence-corrected chi connectivity index (χ4v) is 2.06. The van der Waals surface area contributed by atoms with Gasteiger partial charge in [0, 0.05) is 5.69 Å². The lowest BCUT2D eigenvalue weighted by atomic mass is 10.1. The summed E-state index contributed by atoms with van der Waals surface area (Å²) >= 11 is 0. The van der Waals surface area contributed by atoms with E-state index >= 15 is 0 Å². The van der Waals surface area contributed by atoms with Gasteiger partial charge in [0.05, 0.1) is 13.0 Å². The monoisotopic (exact) mass is 363 g/mol. The predicted octanol–water partition coefficient (Wildman–Crippen LogP) is 2.40. The van der Waals surface area contributed by atoms with Crippen LogP contribution in [0.5, 0.6) is 5.75 Å². The maximum Gasteiger partial charge on any atom is 0.387 e. The molecule has 0 radical (unpaired) electrons. The molecule has 0 aromatic heterocycles. The van der Waals surface area contributed by atoms with E-state index in [1.165, 1.54) is 24.3 Å². The second kappa shape index (κ2) is 9.36. The summed E-state index contributed by atoms with van der Waals surface area (Å²) in [7, 11) is 0. The Hall–Kier alpha value is -3.16. The highest BCUT2D eigenvalue weighted by atomic mass is 19.3. The highest BCUT2D eigenvalue weighted by molar-refractivity contribution is 5.85. The van der Waals surface area contributed by atoms with Gasteiger partial charge < -0.3 is 10.1 Å². The van der Waals surface area contributed by atoms with Crippen LogP contribution in [0.25, 0.3) is 0 Å². The number of hydrazine groups is 1. The van der Waals surface area contributed by atoms with Crippen LogP contribution in [-0.4, -0.2) is 25.0 Å². The van der Waals surface area contributed by atoms with Crippen LogP contribution < -0.4 is 20.9 Å². The van der Waals surface area contributed by atoms with Gasteiger partial charge in [-0.25, -0.2) is 0 Å². The molecular weight excluding hydrogens is 344 g/mol. The van der Waals surface area contributed by atoms with Crippen LogP contribution in [0.1, 0.15) is 11.1 Å². The number of amides is 2. The lowest BCUT2D eigenvalue weighted by Gasteiger charge is -2.10. The van der Waals surface area contributed by atoms with Crippen LogP contribution in [0, 0.1) is 6.92 Å². The number of halogens is 2. The van der Waals surface area contributed by atoms with Crippen molar-refractivity contribution in [2.75, 3.05) is 11.9 Å². The van der Waals surface area contributed by atoms with Crippen molar-refractivity contribution in [2.24, 2.45) is 0 Å². The Balaban J connectivity index is 1.70. The molecule has 0 fully saturated rings. The normalized spacial score (nSPS) is 10.3. The molecule has 6 nitrogen and oxygen atoms in total. The fourth-order valence-electron chi connectivity index (χ4n) is 2.06. The van der Waals surface area contributed by atoms with Gasteiger partial charge in [-0.1, -0.05) is 29.8 Å². The summed E-state index contributed by atoms with van der Waals surface area (Å²) in [5, 5.41) is 2.93. The van der Waals surface area contributed by atoms with Gasteiger partial charge in [0.1, 0.15) is 5.75 Å². The zero-order chi connectivity index (χ0) is 18.9. The summed E-state index contributed by atoms with van der Waals surface area (Å²) in [5.74, 6) is -0.824. The number of anilines is 1. The van der Waals surface area contributed by atoms with Crippen molar-refractivity contribution < 1.29 is 23.1 Å². The van der Waals surface area contributed by atoms with E-state index in [4.69, 9.17) is 0 Å². The van der Waals surface area contributed by atoms with Crippen LogP contribution in [0.3, 0.4) is 0 Å². The molecule has 138 valence electrons. The minimum Gasteiger partial charge on any atom is -0.435 e. The van der Waals surface area contributed by atoms with Crippen LogP contribution in [0.15, 0.2) is 48.5 Å². The van der Waals surface area contributed by atoms with E-state index in [0.717, 1.165) is 11.3 Å². The molecule has 0 heterocycles. The van der Waals surface area contributed by atoms with E-state index in [1.807, 2.05) is 31.2 Å². The zero-order valence-electron chi connectivity index (χ0n) is 14.1. The van der Waals surface area contributed by atoms with Crippen molar-refractivity contribution >= 4 is 17.5 Å². The molecule has 0 aliphatic rings. The van der Waals surface area contributed by atoms with E-state index < -0.39 is 18.4 Å². The van der Waals surface area contributed by atoms with Gasteiger partial charge in [0.25, 0.3) is 5.91 Å². The molecule has 0 unspecified atom stereocenters. The van der Waals surface area contributed by atoms with Gasteiger partial charge >= 0.3 is 6.61 Å². The summed E-state index contributed by atoms with van der Waals surface area (Å²) in [6.45, 7) is -0.929. The Bertz CT molecular complexity index is 734. The molecule has 0 atom stereocenters. The molecule has 0 aliphatic carbocycles. The first-order chi connectivity index (χ1) is 12.4. The largest absolute Gasteiger partial charge is 0.435 e. The maximum atomic E-state index is 12.1. The number of alkyl halides is 2. The van der Waals surface area contributed by atoms with Gasteiger partial charge in [-0.3, -0.25) is 20.4 Å². The zero-order valence-corrected chi connectivity index (χ0v) is 14.1. The van der Waals surface area contributed by atoms with Gasteiger partial charge in [-0.05, 0) is 36.8 Å². The minimum atomic E-state index is -2.90. The molecule has 0 bridgehead atoms. The molecular formula is C18H19F2N3O3. The Labute approximate surface area is 149 Å². The molecule has 8 heteroatoms. The quantitative estimate of drug-likeness (QED) is 0.660. The number of benzene rings is 2. The number of carbonyl (C=O) groups is 2. The van der Waals surface area contributed by atoms with E-state index in [2.05, 4.69) is 20.9 Å². The molecule has 0 saturated carbocycles. The van der Waals surface area contributed by atoms with Crippen LogP contribution >= 0.6 is 0 Å². The fraction of sp³-hybridized carbons (Fsp3) is 0.222. The molecule has 3 N–H and O–H groups in total. The average Bonchev–Trinajstić information content (AvgIpc) is 2.61. The first-order valence-corrected chi connectivity index (χ1v) is 7.84. The van der Waals surface area contributed by atoms with Crippen molar-refractivity contribution in [3.8, 4) is 5.75 Å². The SMILES string of the molecule is Cc1ccc(NCC(=O)NNC(=O)Cc2ccc(OC(F)F)cc2)cc1. The number of ether oxygens (including phenoxy) is 1. The number of hydrogen-bond acceptors (Lipinski definition) is 4. The van der Waals surface area contributed by atoms with Gasteiger partial charge in [-0.15, -0.1) is 0 Å². The topological polar surface area (TPSA) is 79.5 Å². The Kier molecular flexibility index (Phi) is 6.90. The number of nitrogens with one attached hydrogen (secondary N) is 3. The van der Waals surface area contributed by atoms with Gasteiger partial charge in [0.2, 0.25) is 5.91 Å². The van der Waals surface area contributed by atoms with E-state index in [-0.39, 0.29) is 18.7 Å². The molecule has 2 amide bonds. The summed E-state index contributed by atoms with van der Waals surface area (Å²) < 4.78 is 28.4. The molecule has 0 aliphatic heterocycles. The molecule has 0 saturated heterocycles. The van der Waals surface area contributed by atoms with Crippen LogP contribution in [0.4, 0.5) is 14.5 Å². The minimum absolute atomic E-state index is 0.00298. The molecule has 0 spiro atoms. The highest BCUT2D eigenvalue weighted by Gasteiger charge is 2.08. The Morgan fingerprint density at radius 2 is 1.58 bits per heavy atom. The van der Waals surface area contributed by atoms with Crippen molar-refractivity contribution in [3.05, 3.63) is 59.7 Å². The highest BCUT2D eigenvalue weighted by Crippen LogP contribution is 2.15. The Morgan fingerprint density at radius 3 is 2.19 bits per heavy atom. The maximum absolute atomic E-state index is 12.1. The summed E-state index contributed by atoms with van der Waals surface area (Å²) in [4.78, 5) is 23.5. The summed E-state index contributed by atoms with van der Waals surface area (Å²) in [5.41, 5.74) is 7.09. The Morgan fingerprint density at radius 1 is 0.962 bits per heavy atom. The van der Waals surface area contributed by atoms with Crippen molar-refractivity contribution in [3.63, 3.8) is 0 Å². The summed E-state index contributed by atoms with van der Waals surface area (Å²) in [6, 6.07) is 13.2.